The molecule has 0 saturated carbocycles. The first kappa shape index (κ1) is 14.0. The number of hydrogen-bond donors (Lipinski definition) is 2. The molecule has 1 aromatic rings. The SMILES string of the molecule is O=C1NCCCC1NCc1ccc(Br)c([N+](=O)[O-])c1. The van der Waals surface area contributed by atoms with Crippen molar-refractivity contribution in [2.45, 2.75) is 25.4 Å². The van der Waals surface area contributed by atoms with Crippen LogP contribution in [0.15, 0.2) is 22.7 Å². The van der Waals surface area contributed by atoms with E-state index in [4.69, 9.17) is 0 Å². The Hall–Kier alpha value is -1.47. The predicted molar refractivity (Wildman–Crippen MR) is 73.7 cm³/mol. The van der Waals surface area contributed by atoms with E-state index in [0.717, 1.165) is 24.9 Å². The number of halogens is 1. The average molecular weight is 328 g/mol. The molecular formula is C12H14BrN3O3. The Kier molecular flexibility index (Phi) is 4.49. The molecule has 1 atom stereocenters. The Labute approximate surface area is 118 Å². The van der Waals surface area contributed by atoms with Gasteiger partial charge in [-0.2, -0.15) is 0 Å². The maximum absolute atomic E-state index is 11.6. The predicted octanol–water partition coefficient (Wildman–Crippen LogP) is 1.73. The molecule has 1 aliphatic rings. The molecule has 0 bridgehead atoms. The fraction of sp³-hybridized carbons (Fsp3) is 0.417. The van der Waals surface area contributed by atoms with E-state index < -0.39 is 4.92 Å². The van der Waals surface area contributed by atoms with Gasteiger partial charge in [-0.3, -0.25) is 14.9 Å². The summed E-state index contributed by atoms with van der Waals surface area (Å²) in [5.74, 6) is -0.00198. The molecule has 2 N–H and O–H groups in total. The second kappa shape index (κ2) is 6.12. The maximum Gasteiger partial charge on any atom is 0.283 e. The van der Waals surface area contributed by atoms with Crippen molar-refractivity contribution in [2.75, 3.05) is 6.54 Å². The van der Waals surface area contributed by atoms with Crippen LogP contribution in [0.25, 0.3) is 0 Å². The lowest BCUT2D eigenvalue weighted by atomic mass is 10.1. The van der Waals surface area contributed by atoms with Crippen molar-refractivity contribution in [1.82, 2.24) is 10.6 Å². The lowest BCUT2D eigenvalue weighted by Crippen LogP contribution is -2.47. The summed E-state index contributed by atoms with van der Waals surface area (Å²) in [6, 6.07) is 4.75. The number of nitrogens with zero attached hydrogens (tertiary/aromatic N) is 1. The first-order valence-corrected chi connectivity index (χ1v) is 6.81. The van der Waals surface area contributed by atoms with Crippen molar-refractivity contribution >= 4 is 27.5 Å². The Morgan fingerprint density at radius 2 is 2.32 bits per heavy atom. The van der Waals surface area contributed by atoms with Gasteiger partial charge < -0.3 is 10.6 Å². The van der Waals surface area contributed by atoms with E-state index >= 15 is 0 Å². The molecule has 0 aromatic heterocycles. The summed E-state index contributed by atoms with van der Waals surface area (Å²) in [4.78, 5) is 21.9. The number of amides is 1. The molecule has 0 radical (unpaired) electrons. The Bertz CT molecular complexity index is 507. The average Bonchev–Trinajstić information content (AvgIpc) is 2.39. The summed E-state index contributed by atoms with van der Waals surface area (Å²) in [5, 5.41) is 16.7. The van der Waals surface area contributed by atoms with Gasteiger partial charge in [0.05, 0.1) is 15.4 Å². The number of piperidine rings is 1. The molecule has 19 heavy (non-hydrogen) atoms. The van der Waals surface area contributed by atoms with Gasteiger partial charge in [0.1, 0.15) is 0 Å². The van der Waals surface area contributed by atoms with Crippen LogP contribution in [-0.4, -0.2) is 23.4 Å². The highest BCUT2D eigenvalue weighted by molar-refractivity contribution is 9.10. The zero-order valence-corrected chi connectivity index (χ0v) is 11.8. The number of nitro benzene ring substituents is 1. The normalized spacial score (nSPS) is 19.0. The summed E-state index contributed by atoms with van der Waals surface area (Å²) in [5.41, 5.74) is 0.820. The molecule has 1 amide bonds. The first-order valence-electron chi connectivity index (χ1n) is 6.02. The van der Waals surface area contributed by atoms with E-state index in [0.29, 0.717) is 11.0 Å². The highest BCUT2D eigenvalue weighted by Gasteiger charge is 2.21. The summed E-state index contributed by atoms with van der Waals surface area (Å²) >= 11 is 3.14. The van der Waals surface area contributed by atoms with Crippen LogP contribution in [0.4, 0.5) is 5.69 Å². The van der Waals surface area contributed by atoms with Crippen LogP contribution in [0.5, 0.6) is 0 Å². The summed E-state index contributed by atoms with van der Waals surface area (Å²) in [6.45, 7) is 1.16. The third-order valence-corrected chi connectivity index (χ3v) is 3.72. The van der Waals surface area contributed by atoms with Crippen molar-refractivity contribution in [3.05, 3.63) is 38.3 Å². The second-order valence-electron chi connectivity index (χ2n) is 4.41. The van der Waals surface area contributed by atoms with E-state index in [2.05, 4.69) is 26.6 Å². The number of nitrogens with one attached hydrogen (secondary N) is 2. The van der Waals surface area contributed by atoms with Crippen LogP contribution in [-0.2, 0) is 11.3 Å². The van der Waals surface area contributed by atoms with E-state index in [1.165, 1.54) is 6.07 Å². The van der Waals surface area contributed by atoms with Gasteiger partial charge in [-0.05, 0) is 40.4 Å². The molecule has 2 rings (SSSR count). The van der Waals surface area contributed by atoms with Gasteiger partial charge in [0.2, 0.25) is 5.91 Å². The molecular weight excluding hydrogens is 314 g/mol. The van der Waals surface area contributed by atoms with Crippen LogP contribution in [0, 0.1) is 10.1 Å². The molecule has 1 aliphatic heterocycles. The molecule has 1 saturated heterocycles. The number of rotatable bonds is 4. The number of carbonyl (C=O) groups is 1. The van der Waals surface area contributed by atoms with Crippen LogP contribution in [0.1, 0.15) is 18.4 Å². The molecule has 1 fully saturated rings. The zero-order chi connectivity index (χ0) is 13.8. The number of nitro groups is 1. The summed E-state index contributed by atoms with van der Waals surface area (Å²) in [7, 11) is 0. The minimum atomic E-state index is -0.430. The van der Waals surface area contributed by atoms with Gasteiger partial charge in [-0.15, -0.1) is 0 Å². The third-order valence-electron chi connectivity index (χ3n) is 3.05. The molecule has 102 valence electrons. The highest BCUT2D eigenvalue weighted by atomic mass is 79.9. The van der Waals surface area contributed by atoms with Crippen molar-refractivity contribution < 1.29 is 9.72 Å². The van der Waals surface area contributed by atoms with Gasteiger partial charge in [0.15, 0.2) is 0 Å². The molecule has 1 heterocycles. The second-order valence-corrected chi connectivity index (χ2v) is 5.26. The van der Waals surface area contributed by atoms with Gasteiger partial charge in [-0.1, -0.05) is 6.07 Å². The van der Waals surface area contributed by atoms with E-state index in [1.807, 2.05) is 0 Å². The van der Waals surface area contributed by atoms with Crippen LogP contribution < -0.4 is 10.6 Å². The van der Waals surface area contributed by atoms with Crippen LogP contribution >= 0.6 is 15.9 Å². The quantitative estimate of drug-likeness (QED) is 0.651. The third kappa shape index (κ3) is 3.51. The van der Waals surface area contributed by atoms with Crippen molar-refractivity contribution in [1.29, 1.82) is 0 Å². The van der Waals surface area contributed by atoms with E-state index in [1.54, 1.807) is 12.1 Å². The first-order chi connectivity index (χ1) is 9.08. The molecule has 7 heteroatoms. The van der Waals surface area contributed by atoms with Gasteiger partial charge in [-0.25, -0.2) is 0 Å². The number of carbonyl (C=O) groups excluding carboxylic acids is 1. The van der Waals surface area contributed by atoms with Crippen LogP contribution in [0.2, 0.25) is 0 Å². The summed E-state index contributed by atoms with van der Waals surface area (Å²) < 4.78 is 0.455. The summed E-state index contributed by atoms with van der Waals surface area (Å²) in [6.07, 6.45) is 1.74. The maximum atomic E-state index is 11.6. The lowest BCUT2D eigenvalue weighted by molar-refractivity contribution is -0.385. The fourth-order valence-electron chi connectivity index (χ4n) is 2.02. The standard InChI is InChI=1S/C12H14BrN3O3/c13-9-4-3-8(6-11(9)16(18)19)7-15-10-2-1-5-14-12(10)17/h3-4,6,10,15H,1-2,5,7H2,(H,14,17). The largest absolute Gasteiger partial charge is 0.355 e. The minimum Gasteiger partial charge on any atom is -0.355 e. The van der Waals surface area contributed by atoms with E-state index in [9.17, 15) is 14.9 Å². The van der Waals surface area contributed by atoms with Gasteiger partial charge >= 0.3 is 0 Å². The number of hydrogen-bond acceptors (Lipinski definition) is 4. The molecule has 0 aliphatic carbocycles. The zero-order valence-electron chi connectivity index (χ0n) is 10.2. The van der Waals surface area contributed by atoms with Gasteiger partial charge in [0.25, 0.3) is 5.69 Å². The van der Waals surface area contributed by atoms with Crippen molar-refractivity contribution in [2.24, 2.45) is 0 Å². The minimum absolute atomic E-state index is 0.00198. The Morgan fingerprint density at radius 3 is 3.00 bits per heavy atom. The highest BCUT2D eigenvalue weighted by Crippen LogP contribution is 2.25. The lowest BCUT2D eigenvalue weighted by Gasteiger charge is -2.22. The van der Waals surface area contributed by atoms with Crippen molar-refractivity contribution in [3.8, 4) is 0 Å². The fourth-order valence-corrected chi connectivity index (χ4v) is 2.41. The number of benzene rings is 1. The molecule has 1 unspecified atom stereocenters. The molecule has 6 nitrogen and oxygen atoms in total. The topological polar surface area (TPSA) is 84.3 Å². The van der Waals surface area contributed by atoms with Crippen LogP contribution in [0.3, 0.4) is 0 Å². The van der Waals surface area contributed by atoms with E-state index in [-0.39, 0.29) is 17.6 Å². The monoisotopic (exact) mass is 327 g/mol. The van der Waals surface area contributed by atoms with Crippen molar-refractivity contribution in [3.63, 3.8) is 0 Å². The Morgan fingerprint density at radius 1 is 1.53 bits per heavy atom. The molecule has 0 spiro atoms. The smallest absolute Gasteiger partial charge is 0.283 e. The molecule has 1 aromatic carbocycles. The Balaban J connectivity index is 2.01. The van der Waals surface area contributed by atoms with Gasteiger partial charge in [0, 0.05) is 19.2 Å².